The molecule has 0 heterocycles. The van der Waals surface area contributed by atoms with Gasteiger partial charge in [0.1, 0.15) is 17.3 Å². The molecule has 0 aliphatic carbocycles. The molecule has 7 nitrogen and oxygen atoms in total. The van der Waals surface area contributed by atoms with Gasteiger partial charge in [-0.25, -0.2) is 0 Å². The van der Waals surface area contributed by atoms with Crippen LogP contribution < -0.4 is 4.74 Å². The van der Waals surface area contributed by atoms with Crippen molar-refractivity contribution in [2.75, 3.05) is 18.1 Å². The second-order valence-corrected chi connectivity index (χ2v) is 8.01. The minimum atomic E-state index is -0.741. The third kappa shape index (κ3) is 8.71. The number of ether oxygens (including phenoxy) is 2. The van der Waals surface area contributed by atoms with Crippen LogP contribution in [0.25, 0.3) is 0 Å². The van der Waals surface area contributed by atoms with E-state index < -0.39 is 28.9 Å². The minimum absolute atomic E-state index is 0.000533. The maximum absolute atomic E-state index is 12.7. The second kappa shape index (κ2) is 13.2. The predicted molar refractivity (Wildman–Crippen MR) is 117 cm³/mol. The lowest BCUT2D eigenvalue weighted by atomic mass is 10.1. The number of carbonyl (C=O) groups is 5. The van der Waals surface area contributed by atoms with Crippen molar-refractivity contribution in [1.29, 1.82) is 0 Å². The average molecular weight is 455 g/mol. The molecule has 30 heavy (non-hydrogen) atoms. The maximum Gasteiger partial charge on any atom is 0.315 e. The number of rotatable bonds is 12. The average Bonchev–Trinajstić information content (AvgIpc) is 2.69. The Labute approximate surface area is 185 Å². The third-order valence-electron chi connectivity index (χ3n) is 3.97. The molecule has 0 amide bonds. The first-order chi connectivity index (χ1) is 14.2. The van der Waals surface area contributed by atoms with Crippen LogP contribution >= 0.6 is 24.4 Å². The Morgan fingerprint density at radius 3 is 2.13 bits per heavy atom. The molecular weight excluding hydrogens is 428 g/mol. The van der Waals surface area contributed by atoms with Crippen LogP contribution in [0.3, 0.4) is 0 Å². The highest BCUT2D eigenvalue weighted by atomic mass is 32.2. The minimum Gasteiger partial charge on any atom is -0.466 e. The van der Waals surface area contributed by atoms with E-state index >= 15 is 0 Å². The number of hydrogen-bond donors (Lipinski definition) is 1. The Morgan fingerprint density at radius 1 is 0.967 bits per heavy atom. The number of para-hydroxylation sites is 1. The van der Waals surface area contributed by atoms with E-state index in [1.807, 2.05) is 0 Å². The number of Topliss-reactive ketones (excluding diaryl/α,β-unsaturated/α-hetero) is 2. The van der Waals surface area contributed by atoms with E-state index in [-0.39, 0.29) is 53.8 Å². The Balaban J connectivity index is 2.90. The highest BCUT2D eigenvalue weighted by Gasteiger charge is 2.26. The van der Waals surface area contributed by atoms with Gasteiger partial charge >= 0.3 is 11.9 Å². The molecule has 0 saturated heterocycles. The number of ketones is 2. The topological polar surface area (TPSA) is 104 Å². The van der Waals surface area contributed by atoms with Crippen molar-refractivity contribution >= 4 is 53.0 Å². The maximum atomic E-state index is 12.7. The summed E-state index contributed by atoms with van der Waals surface area (Å²) in [6, 6.07) is 6.22. The lowest BCUT2D eigenvalue weighted by Gasteiger charge is -2.15. The number of thiol groups is 1. The molecule has 2 atom stereocenters. The SMILES string of the molecule is CCOC(=O)C(CSC(=O)c1ccccc1OC(=O)C(CS)CC(C)=O)CC(C)=O. The van der Waals surface area contributed by atoms with Gasteiger partial charge in [-0.3, -0.25) is 14.4 Å². The van der Waals surface area contributed by atoms with Gasteiger partial charge in [0.25, 0.3) is 0 Å². The van der Waals surface area contributed by atoms with Gasteiger partial charge in [-0.05, 0) is 32.9 Å². The summed E-state index contributed by atoms with van der Waals surface area (Å²) < 4.78 is 10.3. The van der Waals surface area contributed by atoms with E-state index in [4.69, 9.17) is 9.47 Å². The van der Waals surface area contributed by atoms with Crippen molar-refractivity contribution in [3.05, 3.63) is 29.8 Å². The number of thioether (sulfide) groups is 1. The monoisotopic (exact) mass is 454 g/mol. The van der Waals surface area contributed by atoms with Crippen molar-refractivity contribution in [3.63, 3.8) is 0 Å². The predicted octanol–water partition coefficient (Wildman–Crippen LogP) is 3.15. The first kappa shape index (κ1) is 25.9. The van der Waals surface area contributed by atoms with Crippen molar-refractivity contribution in [1.82, 2.24) is 0 Å². The fourth-order valence-corrected chi connectivity index (χ4v) is 3.77. The van der Waals surface area contributed by atoms with Gasteiger partial charge in [-0.1, -0.05) is 23.9 Å². The molecule has 9 heteroatoms. The zero-order valence-corrected chi connectivity index (χ0v) is 18.9. The van der Waals surface area contributed by atoms with Gasteiger partial charge in [0.15, 0.2) is 0 Å². The molecule has 0 aliphatic rings. The zero-order valence-electron chi connectivity index (χ0n) is 17.2. The molecule has 0 aromatic heterocycles. The molecule has 0 saturated carbocycles. The number of benzene rings is 1. The number of esters is 2. The molecule has 0 N–H and O–H groups in total. The summed E-state index contributed by atoms with van der Waals surface area (Å²) in [6.07, 6.45) is -0.0239. The Hall–Kier alpha value is -2.13. The van der Waals surface area contributed by atoms with Crippen LogP contribution in [0.15, 0.2) is 24.3 Å². The first-order valence-corrected chi connectivity index (χ1v) is 11.1. The first-order valence-electron chi connectivity index (χ1n) is 9.43. The van der Waals surface area contributed by atoms with Gasteiger partial charge in [0.05, 0.1) is 24.0 Å². The molecule has 0 bridgehead atoms. The van der Waals surface area contributed by atoms with Crippen LogP contribution in [0, 0.1) is 11.8 Å². The van der Waals surface area contributed by atoms with Gasteiger partial charge in [-0.2, -0.15) is 12.6 Å². The van der Waals surface area contributed by atoms with Gasteiger partial charge in [0, 0.05) is 24.3 Å². The van der Waals surface area contributed by atoms with Crippen LogP contribution in [0.4, 0.5) is 0 Å². The summed E-state index contributed by atoms with van der Waals surface area (Å²) in [5, 5.41) is -0.412. The van der Waals surface area contributed by atoms with Crippen LogP contribution in [0.1, 0.15) is 44.0 Å². The largest absolute Gasteiger partial charge is 0.466 e. The van der Waals surface area contributed by atoms with E-state index in [9.17, 15) is 24.0 Å². The molecule has 1 aromatic rings. The summed E-state index contributed by atoms with van der Waals surface area (Å²) in [7, 11) is 0. The quantitative estimate of drug-likeness (QED) is 0.292. The van der Waals surface area contributed by atoms with Crippen molar-refractivity contribution in [2.45, 2.75) is 33.6 Å². The van der Waals surface area contributed by atoms with Crippen LogP contribution in [0.2, 0.25) is 0 Å². The summed E-state index contributed by atoms with van der Waals surface area (Å²) in [6.45, 7) is 4.58. The van der Waals surface area contributed by atoms with Gasteiger partial charge in [0.2, 0.25) is 5.12 Å². The standard InChI is InChI=1S/C21H26O7S2/c1-4-27-19(24)16(10-14(3)23)12-30-21(26)17-7-5-6-8-18(17)28-20(25)15(11-29)9-13(2)22/h5-8,15-16,29H,4,9-12H2,1-3H3. The van der Waals surface area contributed by atoms with Crippen LogP contribution in [-0.2, 0) is 23.9 Å². The smallest absolute Gasteiger partial charge is 0.315 e. The summed E-state index contributed by atoms with van der Waals surface area (Å²) in [4.78, 5) is 59.8. The van der Waals surface area contributed by atoms with Crippen molar-refractivity contribution in [2.24, 2.45) is 11.8 Å². The Morgan fingerprint density at radius 2 is 1.57 bits per heavy atom. The summed E-state index contributed by atoms with van der Waals surface area (Å²) in [5.74, 6) is -2.73. The fraction of sp³-hybridized carbons (Fsp3) is 0.476. The molecule has 2 unspecified atom stereocenters. The molecule has 164 valence electrons. The fourth-order valence-electron chi connectivity index (χ4n) is 2.56. The van der Waals surface area contributed by atoms with Crippen molar-refractivity contribution < 1.29 is 33.4 Å². The number of carbonyl (C=O) groups excluding carboxylic acids is 5. The van der Waals surface area contributed by atoms with Crippen LogP contribution in [-0.4, -0.2) is 46.7 Å². The van der Waals surface area contributed by atoms with Crippen molar-refractivity contribution in [3.8, 4) is 5.75 Å². The summed E-state index contributed by atoms with van der Waals surface area (Å²) >= 11 is 4.93. The highest BCUT2D eigenvalue weighted by Crippen LogP contribution is 2.26. The van der Waals surface area contributed by atoms with E-state index in [1.165, 1.54) is 26.0 Å². The lowest BCUT2D eigenvalue weighted by Crippen LogP contribution is -2.25. The highest BCUT2D eigenvalue weighted by molar-refractivity contribution is 8.14. The van der Waals surface area contributed by atoms with E-state index in [2.05, 4.69) is 12.6 Å². The molecule has 0 fully saturated rings. The molecular formula is C21H26O7S2. The molecule has 1 rings (SSSR count). The third-order valence-corrected chi connectivity index (χ3v) is 5.47. The Bertz CT molecular complexity index is 791. The second-order valence-electron chi connectivity index (χ2n) is 6.66. The molecule has 0 spiro atoms. The van der Waals surface area contributed by atoms with Crippen LogP contribution in [0.5, 0.6) is 5.75 Å². The van der Waals surface area contributed by atoms with E-state index in [1.54, 1.807) is 19.1 Å². The zero-order chi connectivity index (χ0) is 22.7. The van der Waals surface area contributed by atoms with E-state index in [0.29, 0.717) is 0 Å². The van der Waals surface area contributed by atoms with Gasteiger partial charge in [-0.15, -0.1) is 0 Å². The normalized spacial score (nSPS) is 12.5. The van der Waals surface area contributed by atoms with E-state index in [0.717, 1.165) is 11.8 Å². The molecule has 0 aliphatic heterocycles. The number of hydrogen-bond acceptors (Lipinski definition) is 9. The summed E-state index contributed by atoms with van der Waals surface area (Å²) in [5.41, 5.74) is 0.155. The molecule has 1 aromatic carbocycles. The van der Waals surface area contributed by atoms with Gasteiger partial charge < -0.3 is 19.1 Å². The molecule has 0 radical (unpaired) electrons. The lowest BCUT2D eigenvalue weighted by molar-refractivity contribution is -0.148. The Kier molecular flexibility index (Phi) is 11.4.